The Hall–Kier alpha value is -1.43. The molecule has 2 rings (SSSR count). The molecule has 1 aliphatic rings. The number of rotatable bonds is 3. The molecule has 0 bridgehead atoms. The van der Waals surface area contributed by atoms with Gasteiger partial charge < -0.3 is 14.8 Å². The summed E-state index contributed by atoms with van der Waals surface area (Å²) in [6.07, 6.45) is -4.67. The molecule has 0 spiro atoms. The highest BCUT2D eigenvalue weighted by atomic mass is 19.4. The van der Waals surface area contributed by atoms with Gasteiger partial charge in [-0.05, 0) is 12.1 Å². The standard InChI is InChI=1S/C10H10F3NO2/c11-10(12,13)16-9-4-2-1-3-8(9)14-7-5-15-6-7/h1-4,7,14H,5-6H2. The van der Waals surface area contributed by atoms with Crippen molar-refractivity contribution in [2.75, 3.05) is 18.5 Å². The normalized spacial score (nSPS) is 16.7. The molecule has 1 aromatic rings. The molecule has 1 saturated heterocycles. The summed E-state index contributed by atoms with van der Waals surface area (Å²) in [5.41, 5.74) is 0.327. The van der Waals surface area contributed by atoms with Crippen LogP contribution in [0.1, 0.15) is 0 Å². The van der Waals surface area contributed by atoms with Gasteiger partial charge in [0, 0.05) is 0 Å². The monoisotopic (exact) mass is 233 g/mol. The van der Waals surface area contributed by atoms with Gasteiger partial charge in [-0.1, -0.05) is 12.1 Å². The van der Waals surface area contributed by atoms with Crippen LogP contribution in [0.25, 0.3) is 0 Å². The van der Waals surface area contributed by atoms with Crippen molar-refractivity contribution in [3.8, 4) is 5.75 Å². The van der Waals surface area contributed by atoms with Crippen LogP contribution in [0.15, 0.2) is 24.3 Å². The topological polar surface area (TPSA) is 30.5 Å². The van der Waals surface area contributed by atoms with Crippen LogP contribution in [0, 0.1) is 0 Å². The Kier molecular flexibility index (Phi) is 2.91. The van der Waals surface area contributed by atoms with Crippen LogP contribution in [0.2, 0.25) is 0 Å². The van der Waals surface area contributed by atoms with Crippen molar-refractivity contribution in [1.82, 2.24) is 0 Å². The molecule has 88 valence electrons. The molecule has 1 aromatic carbocycles. The van der Waals surface area contributed by atoms with Gasteiger partial charge in [0.05, 0.1) is 24.9 Å². The predicted octanol–water partition coefficient (Wildman–Crippen LogP) is 2.40. The second-order valence-electron chi connectivity index (χ2n) is 3.42. The highest BCUT2D eigenvalue weighted by molar-refractivity contribution is 5.57. The van der Waals surface area contributed by atoms with Gasteiger partial charge in [0.2, 0.25) is 0 Å². The van der Waals surface area contributed by atoms with Crippen molar-refractivity contribution in [2.45, 2.75) is 12.4 Å². The predicted molar refractivity (Wildman–Crippen MR) is 51.4 cm³/mol. The SMILES string of the molecule is FC(F)(F)Oc1ccccc1NC1COC1. The lowest BCUT2D eigenvalue weighted by atomic mass is 10.2. The summed E-state index contributed by atoms with van der Waals surface area (Å²) < 4.78 is 45.1. The average Bonchev–Trinajstić information content (AvgIpc) is 2.11. The zero-order chi connectivity index (χ0) is 11.6. The largest absolute Gasteiger partial charge is 0.573 e. The third-order valence-corrected chi connectivity index (χ3v) is 2.11. The first kappa shape index (κ1) is 11.1. The van der Waals surface area contributed by atoms with Gasteiger partial charge >= 0.3 is 6.36 Å². The number of anilines is 1. The first-order valence-electron chi connectivity index (χ1n) is 4.74. The molecule has 1 N–H and O–H groups in total. The molecule has 1 aliphatic heterocycles. The van der Waals surface area contributed by atoms with Crippen LogP contribution in [0.4, 0.5) is 18.9 Å². The Bertz CT molecular complexity index is 363. The molecule has 1 heterocycles. The van der Waals surface area contributed by atoms with Crippen LogP contribution in [0.3, 0.4) is 0 Å². The Morgan fingerprint density at radius 1 is 1.25 bits per heavy atom. The van der Waals surface area contributed by atoms with E-state index in [4.69, 9.17) is 4.74 Å². The van der Waals surface area contributed by atoms with Crippen LogP contribution in [0.5, 0.6) is 5.75 Å². The molecule has 0 radical (unpaired) electrons. The number of benzene rings is 1. The van der Waals surface area contributed by atoms with Gasteiger partial charge in [0.1, 0.15) is 0 Å². The lowest BCUT2D eigenvalue weighted by Gasteiger charge is -2.28. The first-order chi connectivity index (χ1) is 7.54. The minimum absolute atomic E-state index is 0.0537. The van der Waals surface area contributed by atoms with Gasteiger partial charge in [-0.3, -0.25) is 0 Å². The minimum atomic E-state index is -4.67. The number of nitrogens with one attached hydrogen (secondary N) is 1. The molecule has 16 heavy (non-hydrogen) atoms. The number of hydrogen-bond donors (Lipinski definition) is 1. The van der Waals surface area contributed by atoms with E-state index in [1.54, 1.807) is 12.1 Å². The van der Waals surface area contributed by atoms with Crippen molar-refractivity contribution in [1.29, 1.82) is 0 Å². The third kappa shape index (κ3) is 2.79. The zero-order valence-corrected chi connectivity index (χ0v) is 8.25. The summed E-state index contributed by atoms with van der Waals surface area (Å²) in [6, 6.07) is 6.00. The molecular weight excluding hydrogens is 223 g/mol. The Morgan fingerprint density at radius 2 is 1.94 bits per heavy atom. The van der Waals surface area contributed by atoms with Crippen LogP contribution in [-0.4, -0.2) is 25.6 Å². The molecule has 0 atom stereocenters. The fraction of sp³-hybridized carbons (Fsp3) is 0.400. The molecule has 0 aromatic heterocycles. The van der Waals surface area contributed by atoms with Crippen LogP contribution < -0.4 is 10.1 Å². The molecule has 0 amide bonds. The first-order valence-corrected chi connectivity index (χ1v) is 4.74. The van der Waals surface area contributed by atoms with Crippen LogP contribution in [-0.2, 0) is 4.74 Å². The van der Waals surface area contributed by atoms with Gasteiger partial charge in [0.25, 0.3) is 0 Å². The van der Waals surface area contributed by atoms with E-state index >= 15 is 0 Å². The molecule has 6 heteroatoms. The summed E-state index contributed by atoms with van der Waals surface area (Å²) in [5, 5.41) is 2.92. The van der Waals surface area contributed by atoms with Gasteiger partial charge in [-0.2, -0.15) is 0 Å². The van der Waals surface area contributed by atoms with Crippen LogP contribution >= 0.6 is 0 Å². The molecular formula is C10H10F3NO2. The van der Waals surface area contributed by atoms with E-state index in [1.807, 2.05) is 0 Å². The summed E-state index contributed by atoms with van der Waals surface area (Å²) in [6.45, 7) is 1.00. The molecule has 3 nitrogen and oxygen atoms in total. The second-order valence-corrected chi connectivity index (χ2v) is 3.42. The Labute approximate surface area is 90.2 Å². The Morgan fingerprint density at radius 3 is 2.50 bits per heavy atom. The quantitative estimate of drug-likeness (QED) is 0.869. The van der Waals surface area contributed by atoms with E-state index < -0.39 is 6.36 Å². The maximum atomic E-state index is 12.1. The summed E-state index contributed by atoms with van der Waals surface area (Å²) in [7, 11) is 0. The summed E-state index contributed by atoms with van der Waals surface area (Å²) >= 11 is 0. The number of alkyl halides is 3. The molecule has 0 saturated carbocycles. The van der Waals surface area contributed by atoms with E-state index in [9.17, 15) is 13.2 Å². The van der Waals surface area contributed by atoms with Crippen molar-refractivity contribution in [2.24, 2.45) is 0 Å². The summed E-state index contributed by atoms with van der Waals surface area (Å²) in [5.74, 6) is -0.220. The van der Waals surface area contributed by atoms with Crippen molar-refractivity contribution in [3.05, 3.63) is 24.3 Å². The van der Waals surface area contributed by atoms with Crippen molar-refractivity contribution in [3.63, 3.8) is 0 Å². The maximum absolute atomic E-state index is 12.1. The van der Waals surface area contributed by atoms with E-state index in [1.165, 1.54) is 12.1 Å². The number of hydrogen-bond acceptors (Lipinski definition) is 3. The maximum Gasteiger partial charge on any atom is 0.573 e. The molecule has 0 aliphatic carbocycles. The fourth-order valence-electron chi connectivity index (χ4n) is 1.34. The molecule has 1 fully saturated rings. The van der Waals surface area contributed by atoms with Gasteiger partial charge in [-0.25, -0.2) is 0 Å². The van der Waals surface area contributed by atoms with E-state index in [-0.39, 0.29) is 11.8 Å². The third-order valence-electron chi connectivity index (χ3n) is 2.11. The van der Waals surface area contributed by atoms with E-state index in [0.717, 1.165) is 0 Å². The summed E-state index contributed by atoms with van der Waals surface area (Å²) in [4.78, 5) is 0. The number of ether oxygens (including phenoxy) is 2. The smallest absolute Gasteiger partial charge is 0.404 e. The number of halogens is 3. The van der Waals surface area contributed by atoms with Crippen molar-refractivity contribution < 1.29 is 22.6 Å². The average molecular weight is 233 g/mol. The highest BCUT2D eigenvalue weighted by Crippen LogP contribution is 2.30. The second kappa shape index (κ2) is 4.21. The van der Waals surface area contributed by atoms with Gasteiger partial charge in [-0.15, -0.1) is 13.2 Å². The van der Waals surface area contributed by atoms with Crippen molar-refractivity contribution >= 4 is 5.69 Å². The highest BCUT2D eigenvalue weighted by Gasteiger charge is 2.32. The van der Waals surface area contributed by atoms with Gasteiger partial charge in [0.15, 0.2) is 5.75 Å². The minimum Gasteiger partial charge on any atom is -0.404 e. The zero-order valence-electron chi connectivity index (χ0n) is 8.25. The lowest BCUT2D eigenvalue weighted by Crippen LogP contribution is -2.40. The lowest BCUT2D eigenvalue weighted by molar-refractivity contribution is -0.274. The Balaban J connectivity index is 2.09. The molecule has 0 unspecified atom stereocenters. The fourth-order valence-corrected chi connectivity index (χ4v) is 1.34. The van der Waals surface area contributed by atoms with E-state index in [0.29, 0.717) is 18.9 Å². The van der Waals surface area contributed by atoms with E-state index in [2.05, 4.69) is 10.1 Å². The number of para-hydroxylation sites is 2.